The number of aryl methyl sites for hydroxylation is 1. The lowest BCUT2D eigenvalue weighted by atomic mass is 9.83. The molecule has 0 unspecified atom stereocenters. The zero-order valence-corrected chi connectivity index (χ0v) is 11.3. The second kappa shape index (κ2) is 6.40. The highest BCUT2D eigenvalue weighted by Gasteiger charge is 2.20. The van der Waals surface area contributed by atoms with E-state index in [4.69, 9.17) is 5.73 Å². The zero-order chi connectivity index (χ0) is 13.7. The van der Waals surface area contributed by atoms with Crippen LogP contribution in [-0.4, -0.2) is 12.5 Å². The van der Waals surface area contributed by atoms with Gasteiger partial charge in [-0.1, -0.05) is 18.3 Å². The van der Waals surface area contributed by atoms with Gasteiger partial charge in [0.05, 0.1) is 6.54 Å². The van der Waals surface area contributed by atoms with Crippen LogP contribution in [0.4, 0.5) is 5.69 Å². The lowest BCUT2D eigenvalue weighted by Gasteiger charge is -2.24. The molecule has 1 aromatic carbocycles. The first-order chi connectivity index (χ1) is 9.17. The van der Waals surface area contributed by atoms with Crippen molar-refractivity contribution in [1.29, 1.82) is 0 Å². The first-order valence-corrected chi connectivity index (χ1v) is 6.78. The number of carbonyl (C=O) groups excluding carboxylic acids is 1. The van der Waals surface area contributed by atoms with Crippen molar-refractivity contribution in [2.45, 2.75) is 32.6 Å². The second-order valence-corrected chi connectivity index (χ2v) is 5.14. The van der Waals surface area contributed by atoms with Crippen LogP contribution in [0.1, 0.15) is 36.8 Å². The molecule has 1 aliphatic carbocycles. The van der Waals surface area contributed by atoms with Gasteiger partial charge in [-0.3, -0.25) is 4.79 Å². The Hall–Kier alpha value is -1.79. The summed E-state index contributed by atoms with van der Waals surface area (Å²) >= 11 is 0. The van der Waals surface area contributed by atoms with Crippen LogP contribution in [-0.2, 0) is 4.79 Å². The molecular weight excluding hydrogens is 236 g/mol. The molecule has 19 heavy (non-hydrogen) atoms. The molecule has 0 aromatic heterocycles. The number of amides is 1. The molecule has 1 saturated carbocycles. The summed E-state index contributed by atoms with van der Waals surface area (Å²) in [6.07, 6.45) is 4.28. The molecule has 0 spiro atoms. The van der Waals surface area contributed by atoms with E-state index < -0.39 is 0 Å². The lowest BCUT2D eigenvalue weighted by molar-refractivity contribution is -0.117. The van der Waals surface area contributed by atoms with Crippen LogP contribution in [0.15, 0.2) is 18.2 Å². The Bertz CT molecular complexity index is 521. The number of hydrogen-bond donors (Lipinski definition) is 2. The normalized spacial score (nSPS) is 14.2. The molecule has 1 amide bonds. The van der Waals surface area contributed by atoms with Gasteiger partial charge >= 0.3 is 0 Å². The minimum atomic E-state index is 0.105. The SMILES string of the molecule is Cc1cc(C#CCN)cc(NC(=O)CC2CCC2)c1. The molecule has 100 valence electrons. The Balaban J connectivity index is 2.02. The van der Waals surface area contributed by atoms with Crippen molar-refractivity contribution in [3.8, 4) is 11.8 Å². The van der Waals surface area contributed by atoms with Gasteiger partial charge < -0.3 is 11.1 Å². The van der Waals surface area contributed by atoms with Crippen molar-refractivity contribution in [2.24, 2.45) is 11.7 Å². The molecule has 3 nitrogen and oxygen atoms in total. The van der Waals surface area contributed by atoms with Crippen LogP contribution in [0.5, 0.6) is 0 Å². The predicted octanol–water partition coefficient (Wildman–Crippen LogP) is 2.43. The van der Waals surface area contributed by atoms with Gasteiger partial charge in [0.15, 0.2) is 0 Å². The summed E-state index contributed by atoms with van der Waals surface area (Å²) in [5.41, 5.74) is 8.17. The average molecular weight is 256 g/mol. The van der Waals surface area contributed by atoms with Gasteiger partial charge in [-0.15, -0.1) is 0 Å². The first-order valence-electron chi connectivity index (χ1n) is 6.78. The molecule has 0 aliphatic heterocycles. The minimum absolute atomic E-state index is 0.105. The summed E-state index contributed by atoms with van der Waals surface area (Å²) in [7, 11) is 0. The van der Waals surface area contributed by atoms with E-state index in [9.17, 15) is 4.79 Å². The number of hydrogen-bond acceptors (Lipinski definition) is 2. The maximum Gasteiger partial charge on any atom is 0.224 e. The highest BCUT2D eigenvalue weighted by molar-refractivity contribution is 5.91. The highest BCUT2D eigenvalue weighted by atomic mass is 16.1. The third kappa shape index (κ3) is 4.11. The molecule has 0 radical (unpaired) electrons. The average Bonchev–Trinajstić information content (AvgIpc) is 2.30. The van der Waals surface area contributed by atoms with Crippen molar-refractivity contribution < 1.29 is 4.79 Å². The van der Waals surface area contributed by atoms with E-state index in [1.165, 1.54) is 19.3 Å². The largest absolute Gasteiger partial charge is 0.326 e. The summed E-state index contributed by atoms with van der Waals surface area (Å²) in [6.45, 7) is 2.34. The second-order valence-electron chi connectivity index (χ2n) is 5.14. The van der Waals surface area contributed by atoms with Gasteiger partial charge in [0.1, 0.15) is 0 Å². The number of rotatable bonds is 3. The van der Waals surface area contributed by atoms with Gasteiger partial charge in [0, 0.05) is 17.7 Å². The van der Waals surface area contributed by atoms with Crippen LogP contribution in [0.3, 0.4) is 0 Å². The molecule has 0 bridgehead atoms. The van der Waals surface area contributed by atoms with Gasteiger partial charge in [-0.25, -0.2) is 0 Å². The van der Waals surface area contributed by atoms with Crippen LogP contribution >= 0.6 is 0 Å². The number of benzene rings is 1. The summed E-state index contributed by atoms with van der Waals surface area (Å²) in [4.78, 5) is 11.9. The van der Waals surface area contributed by atoms with E-state index in [0.29, 0.717) is 18.9 Å². The van der Waals surface area contributed by atoms with Crippen molar-refractivity contribution in [1.82, 2.24) is 0 Å². The van der Waals surface area contributed by atoms with Gasteiger partial charge in [0.25, 0.3) is 0 Å². The quantitative estimate of drug-likeness (QED) is 0.816. The van der Waals surface area contributed by atoms with Crippen LogP contribution in [0.2, 0.25) is 0 Å². The van der Waals surface area contributed by atoms with Gasteiger partial charge in [-0.2, -0.15) is 0 Å². The van der Waals surface area contributed by atoms with Crippen molar-refractivity contribution in [2.75, 3.05) is 11.9 Å². The van der Waals surface area contributed by atoms with E-state index in [-0.39, 0.29) is 5.91 Å². The Kier molecular flexibility index (Phi) is 4.59. The molecule has 3 heteroatoms. The summed E-state index contributed by atoms with van der Waals surface area (Å²) < 4.78 is 0. The number of anilines is 1. The van der Waals surface area contributed by atoms with Crippen LogP contribution in [0, 0.1) is 24.7 Å². The molecule has 1 fully saturated rings. The molecule has 1 aromatic rings. The van der Waals surface area contributed by atoms with E-state index in [0.717, 1.165) is 16.8 Å². The van der Waals surface area contributed by atoms with E-state index in [2.05, 4.69) is 17.2 Å². The Labute approximate surface area is 114 Å². The number of nitrogens with two attached hydrogens (primary N) is 1. The fourth-order valence-electron chi connectivity index (χ4n) is 2.25. The summed E-state index contributed by atoms with van der Waals surface area (Å²) in [5, 5.41) is 2.96. The lowest BCUT2D eigenvalue weighted by Crippen LogP contribution is -2.20. The van der Waals surface area contributed by atoms with Crippen LogP contribution < -0.4 is 11.1 Å². The standard InChI is InChI=1S/C16H20N2O/c1-12-8-14(6-3-7-17)10-15(9-12)18-16(19)11-13-4-2-5-13/h8-10,13H,2,4-5,7,11,17H2,1H3,(H,18,19). The molecule has 0 atom stereocenters. The van der Waals surface area contributed by atoms with Gasteiger partial charge in [-0.05, 0) is 49.4 Å². The van der Waals surface area contributed by atoms with Gasteiger partial charge in [0.2, 0.25) is 5.91 Å². The fourth-order valence-corrected chi connectivity index (χ4v) is 2.25. The fraction of sp³-hybridized carbons (Fsp3) is 0.438. The smallest absolute Gasteiger partial charge is 0.224 e. The monoisotopic (exact) mass is 256 g/mol. The van der Waals surface area contributed by atoms with Crippen molar-refractivity contribution in [3.05, 3.63) is 29.3 Å². The summed E-state index contributed by atoms with van der Waals surface area (Å²) in [5.74, 6) is 6.51. The van der Waals surface area contributed by atoms with E-state index >= 15 is 0 Å². The van der Waals surface area contributed by atoms with Crippen LogP contribution in [0.25, 0.3) is 0 Å². The van der Waals surface area contributed by atoms with Crippen molar-refractivity contribution >= 4 is 11.6 Å². The molecule has 0 saturated heterocycles. The maximum atomic E-state index is 11.9. The molecule has 3 N–H and O–H groups in total. The van der Waals surface area contributed by atoms with E-state index in [1.807, 2.05) is 25.1 Å². The Morgan fingerprint density at radius 1 is 1.42 bits per heavy atom. The maximum absolute atomic E-state index is 11.9. The third-order valence-electron chi connectivity index (χ3n) is 3.39. The van der Waals surface area contributed by atoms with E-state index in [1.54, 1.807) is 0 Å². The van der Waals surface area contributed by atoms with Crippen molar-refractivity contribution in [3.63, 3.8) is 0 Å². The molecule has 2 rings (SSSR count). The molecular formula is C16H20N2O. The topological polar surface area (TPSA) is 55.1 Å². The zero-order valence-electron chi connectivity index (χ0n) is 11.3. The molecule has 0 heterocycles. The Morgan fingerprint density at radius 3 is 2.84 bits per heavy atom. The summed E-state index contributed by atoms with van der Waals surface area (Å²) in [6, 6.07) is 5.85. The highest BCUT2D eigenvalue weighted by Crippen LogP contribution is 2.29. The third-order valence-corrected chi connectivity index (χ3v) is 3.39. The Morgan fingerprint density at radius 2 is 2.21 bits per heavy atom. The number of carbonyl (C=O) groups is 1. The number of nitrogens with one attached hydrogen (secondary N) is 1. The minimum Gasteiger partial charge on any atom is -0.326 e. The predicted molar refractivity (Wildman–Crippen MR) is 77.7 cm³/mol. The molecule has 1 aliphatic rings. The first kappa shape index (κ1) is 13.6.